The molecule has 0 bridgehead atoms. The summed E-state index contributed by atoms with van der Waals surface area (Å²) in [6.07, 6.45) is -0.403. The molecule has 7 heteroatoms. The first-order chi connectivity index (χ1) is 12.2. The lowest BCUT2D eigenvalue weighted by Gasteiger charge is -2.35. The topological polar surface area (TPSA) is 66.9 Å². The lowest BCUT2D eigenvalue weighted by atomic mass is 10.1. The number of fused-ring (bicyclic) bond motifs is 1. The van der Waals surface area contributed by atoms with Crippen molar-refractivity contribution in [3.8, 4) is 0 Å². The summed E-state index contributed by atoms with van der Waals surface area (Å²) in [5.74, 6) is 0. The number of piperazine rings is 1. The van der Waals surface area contributed by atoms with E-state index in [1.54, 1.807) is 17.0 Å². The Balaban J connectivity index is 1.72. The van der Waals surface area contributed by atoms with E-state index in [2.05, 4.69) is 0 Å². The average Bonchev–Trinajstić information content (AvgIpc) is 2.60. The monoisotopic (exact) mass is 376 g/mol. The Morgan fingerprint density at radius 2 is 1.58 bits per heavy atom. The van der Waals surface area contributed by atoms with Gasteiger partial charge in [0.25, 0.3) is 0 Å². The van der Waals surface area contributed by atoms with Crippen molar-refractivity contribution in [1.29, 1.82) is 0 Å². The van der Waals surface area contributed by atoms with Crippen molar-refractivity contribution in [2.75, 3.05) is 26.2 Å². The number of hydrogen-bond acceptors (Lipinski definition) is 4. The Morgan fingerprint density at radius 3 is 2.19 bits per heavy atom. The lowest BCUT2D eigenvalue weighted by Crippen LogP contribution is -2.51. The highest BCUT2D eigenvalue weighted by atomic mass is 32.2. The predicted octanol–water partition coefficient (Wildman–Crippen LogP) is 3.08. The third-order valence-electron chi connectivity index (χ3n) is 4.25. The lowest BCUT2D eigenvalue weighted by molar-refractivity contribution is 0.0192. The van der Waals surface area contributed by atoms with Gasteiger partial charge in [-0.25, -0.2) is 13.2 Å². The third-order valence-corrected chi connectivity index (χ3v) is 6.14. The van der Waals surface area contributed by atoms with Crippen molar-refractivity contribution in [2.45, 2.75) is 31.3 Å². The Hall–Kier alpha value is -2.12. The van der Waals surface area contributed by atoms with Gasteiger partial charge in [-0.3, -0.25) is 0 Å². The van der Waals surface area contributed by atoms with Crippen LogP contribution in [0.15, 0.2) is 47.4 Å². The number of carbonyl (C=O) groups is 1. The molecular formula is C19H24N2O4S. The summed E-state index contributed by atoms with van der Waals surface area (Å²) in [7, 11) is -3.58. The van der Waals surface area contributed by atoms with Gasteiger partial charge in [0, 0.05) is 26.2 Å². The zero-order valence-electron chi connectivity index (χ0n) is 15.3. The van der Waals surface area contributed by atoms with Crippen LogP contribution in [0.3, 0.4) is 0 Å². The van der Waals surface area contributed by atoms with Gasteiger partial charge in [0.15, 0.2) is 0 Å². The molecule has 0 aromatic heterocycles. The minimum Gasteiger partial charge on any atom is -0.444 e. The molecule has 1 aliphatic rings. The standard InChI is InChI=1S/C19H24N2O4S/c1-19(2,3)25-18(22)20-10-12-21(13-11-20)26(23,24)17-9-8-15-6-4-5-7-16(15)14-17/h4-9,14H,10-13H2,1-3H3. The van der Waals surface area contributed by atoms with Crippen molar-refractivity contribution in [1.82, 2.24) is 9.21 Å². The number of benzene rings is 2. The highest BCUT2D eigenvalue weighted by Crippen LogP contribution is 2.23. The molecule has 2 aromatic carbocycles. The average molecular weight is 376 g/mol. The molecule has 0 aliphatic carbocycles. The molecule has 140 valence electrons. The molecule has 0 unspecified atom stereocenters. The van der Waals surface area contributed by atoms with E-state index < -0.39 is 21.7 Å². The van der Waals surface area contributed by atoms with Crippen LogP contribution < -0.4 is 0 Å². The number of sulfonamides is 1. The molecule has 2 aromatic rings. The van der Waals surface area contributed by atoms with Crippen molar-refractivity contribution in [3.05, 3.63) is 42.5 Å². The smallest absolute Gasteiger partial charge is 0.410 e. The Labute approximate surface area is 154 Å². The number of amides is 1. The summed E-state index contributed by atoms with van der Waals surface area (Å²) >= 11 is 0. The van der Waals surface area contributed by atoms with Gasteiger partial charge in [0.1, 0.15) is 5.60 Å². The minimum absolute atomic E-state index is 0.258. The molecule has 1 saturated heterocycles. The molecule has 0 N–H and O–H groups in total. The van der Waals surface area contributed by atoms with Crippen LogP contribution in [0.4, 0.5) is 4.79 Å². The van der Waals surface area contributed by atoms with Gasteiger partial charge in [0.2, 0.25) is 10.0 Å². The van der Waals surface area contributed by atoms with Gasteiger partial charge >= 0.3 is 6.09 Å². The van der Waals surface area contributed by atoms with Crippen LogP contribution in [0.5, 0.6) is 0 Å². The first-order valence-electron chi connectivity index (χ1n) is 8.64. The first kappa shape index (κ1) is 18.7. The van der Waals surface area contributed by atoms with Gasteiger partial charge in [-0.1, -0.05) is 30.3 Å². The quantitative estimate of drug-likeness (QED) is 0.808. The summed E-state index contributed by atoms with van der Waals surface area (Å²) < 4.78 is 32.6. The van der Waals surface area contributed by atoms with Crippen LogP contribution in [0.25, 0.3) is 10.8 Å². The maximum absolute atomic E-state index is 12.9. The number of rotatable bonds is 2. The van der Waals surface area contributed by atoms with Gasteiger partial charge in [-0.15, -0.1) is 0 Å². The van der Waals surface area contributed by atoms with E-state index in [1.165, 1.54) is 4.31 Å². The maximum atomic E-state index is 12.9. The molecule has 3 rings (SSSR count). The van der Waals surface area contributed by atoms with Crippen molar-refractivity contribution in [3.63, 3.8) is 0 Å². The normalized spacial score (nSPS) is 16.7. The van der Waals surface area contributed by atoms with Crippen LogP contribution in [0, 0.1) is 0 Å². The highest BCUT2D eigenvalue weighted by molar-refractivity contribution is 7.89. The minimum atomic E-state index is -3.58. The third kappa shape index (κ3) is 3.99. The number of hydrogen-bond donors (Lipinski definition) is 0. The number of nitrogens with zero attached hydrogens (tertiary/aromatic N) is 2. The number of carbonyl (C=O) groups excluding carboxylic acids is 1. The molecule has 1 aliphatic heterocycles. The molecule has 0 saturated carbocycles. The fraction of sp³-hybridized carbons (Fsp3) is 0.421. The van der Waals surface area contributed by atoms with Gasteiger partial charge in [-0.2, -0.15) is 4.31 Å². The zero-order chi connectivity index (χ0) is 18.9. The van der Waals surface area contributed by atoms with Gasteiger partial charge in [0.05, 0.1) is 4.90 Å². The van der Waals surface area contributed by atoms with Crippen molar-refractivity contribution in [2.24, 2.45) is 0 Å². The number of ether oxygens (including phenoxy) is 1. The molecule has 1 heterocycles. The van der Waals surface area contributed by atoms with Crippen LogP contribution in [0.2, 0.25) is 0 Å². The van der Waals surface area contributed by atoms with Crippen molar-refractivity contribution < 1.29 is 17.9 Å². The van der Waals surface area contributed by atoms with E-state index in [1.807, 2.05) is 51.1 Å². The highest BCUT2D eigenvalue weighted by Gasteiger charge is 2.31. The van der Waals surface area contributed by atoms with E-state index in [4.69, 9.17) is 4.74 Å². The summed E-state index contributed by atoms with van der Waals surface area (Å²) in [5.41, 5.74) is -0.564. The Bertz CT molecular complexity index is 911. The first-order valence-corrected chi connectivity index (χ1v) is 10.1. The van der Waals surface area contributed by atoms with E-state index >= 15 is 0 Å². The van der Waals surface area contributed by atoms with E-state index in [0.29, 0.717) is 13.1 Å². The van der Waals surface area contributed by atoms with Crippen LogP contribution in [0.1, 0.15) is 20.8 Å². The Morgan fingerprint density at radius 1 is 0.962 bits per heavy atom. The second-order valence-corrected chi connectivity index (χ2v) is 9.32. The second-order valence-electron chi connectivity index (χ2n) is 7.38. The molecular weight excluding hydrogens is 352 g/mol. The molecule has 0 atom stereocenters. The summed E-state index contributed by atoms with van der Waals surface area (Å²) in [6.45, 7) is 6.59. The van der Waals surface area contributed by atoms with Gasteiger partial charge in [-0.05, 0) is 43.7 Å². The summed E-state index contributed by atoms with van der Waals surface area (Å²) in [5, 5.41) is 1.89. The van der Waals surface area contributed by atoms with Gasteiger partial charge < -0.3 is 9.64 Å². The Kier molecular flexibility index (Phi) is 4.94. The van der Waals surface area contributed by atoms with Crippen molar-refractivity contribution >= 4 is 26.9 Å². The molecule has 0 spiro atoms. The molecule has 6 nitrogen and oxygen atoms in total. The summed E-state index contributed by atoms with van der Waals surface area (Å²) in [4.78, 5) is 14.0. The van der Waals surface area contributed by atoms with Crippen LogP contribution in [-0.4, -0.2) is 55.5 Å². The van der Waals surface area contributed by atoms with E-state index in [0.717, 1.165) is 10.8 Å². The van der Waals surface area contributed by atoms with Crippen LogP contribution >= 0.6 is 0 Å². The largest absolute Gasteiger partial charge is 0.444 e. The maximum Gasteiger partial charge on any atom is 0.410 e. The fourth-order valence-electron chi connectivity index (χ4n) is 2.91. The molecule has 1 fully saturated rings. The second kappa shape index (κ2) is 6.89. The zero-order valence-corrected chi connectivity index (χ0v) is 16.1. The predicted molar refractivity (Wildman–Crippen MR) is 101 cm³/mol. The van der Waals surface area contributed by atoms with E-state index in [9.17, 15) is 13.2 Å². The van der Waals surface area contributed by atoms with Crippen LogP contribution in [-0.2, 0) is 14.8 Å². The SMILES string of the molecule is CC(C)(C)OC(=O)N1CCN(S(=O)(=O)c2ccc3ccccc3c2)CC1. The summed E-state index contributed by atoms with van der Waals surface area (Å²) in [6, 6.07) is 12.8. The molecule has 0 radical (unpaired) electrons. The molecule has 1 amide bonds. The fourth-order valence-corrected chi connectivity index (χ4v) is 4.37. The molecule has 26 heavy (non-hydrogen) atoms. The van der Waals surface area contributed by atoms with E-state index in [-0.39, 0.29) is 18.0 Å².